The first kappa shape index (κ1) is 23.9. The molecule has 1 amide bonds. The minimum atomic E-state index is -0.521. The molecule has 0 saturated heterocycles. The third-order valence-electron chi connectivity index (χ3n) is 6.51. The minimum absolute atomic E-state index is 0.224. The van der Waals surface area contributed by atoms with E-state index in [1.807, 2.05) is 61.5 Å². The van der Waals surface area contributed by atoms with Crippen LogP contribution in [0.15, 0.2) is 90.1 Å². The Bertz CT molecular complexity index is 1960. The predicted octanol–water partition coefficient (Wildman–Crippen LogP) is 3.96. The number of nitrogens with zero attached hydrogens (tertiary/aromatic N) is 5. The molecule has 6 rings (SSSR count). The van der Waals surface area contributed by atoms with Crippen molar-refractivity contribution in [1.29, 1.82) is 0 Å². The molecule has 190 valence electrons. The lowest BCUT2D eigenvalue weighted by atomic mass is 10.0. The van der Waals surface area contributed by atoms with Gasteiger partial charge < -0.3 is 5.32 Å². The van der Waals surface area contributed by atoms with Crippen molar-refractivity contribution in [3.63, 3.8) is 0 Å². The lowest BCUT2D eigenvalue weighted by Crippen LogP contribution is -2.32. The molecule has 0 saturated carbocycles. The largest absolute Gasteiger partial charge is 0.344 e. The molecule has 0 fully saturated rings. The first-order valence-electron chi connectivity index (χ1n) is 12.4. The van der Waals surface area contributed by atoms with Crippen molar-refractivity contribution in [2.75, 3.05) is 0 Å². The van der Waals surface area contributed by atoms with Gasteiger partial charge in [0, 0.05) is 35.5 Å². The van der Waals surface area contributed by atoms with Gasteiger partial charge in [0.25, 0.3) is 11.5 Å². The van der Waals surface area contributed by atoms with Gasteiger partial charge in [0.15, 0.2) is 5.65 Å². The quantitative estimate of drug-likeness (QED) is 0.347. The van der Waals surface area contributed by atoms with Crippen LogP contribution in [-0.4, -0.2) is 35.3 Å². The fraction of sp³-hybridized carbons (Fsp3) is 0.100. The molecule has 4 aromatic heterocycles. The van der Waals surface area contributed by atoms with Gasteiger partial charge in [-0.25, -0.2) is 9.50 Å². The maximum Gasteiger partial charge on any atom is 0.264 e. The highest BCUT2D eigenvalue weighted by Gasteiger charge is 2.23. The summed E-state index contributed by atoms with van der Waals surface area (Å²) in [5, 5.41) is 15.4. The molecule has 0 radical (unpaired) electrons. The highest BCUT2D eigenvalue weighted by Crippen LogP contribution is 2.24. The van der Waals surface area contributed by atoms with Gasteiger partial charge >= 0.3 is 0 Å². The number of para-hydroxylation sites is 1. The molecular weight excluding hydrogens is 490 g/mol. The molecule has 39 heavy (non-hydrogen) atoms. The third kappa shape index (κ3) is 4.34. The van der Waals surface area contributed by atoms with Gasteiger partial charge in [-0.1, -0.05) is 36.3 Å². The second kappa shape index (κ2) is 9.76. The number of aromatic amines is 1. The smallest absolute Gasteiger partial charge is 0.264 e. The number of H-pyrrole nitrogens is 1. The summed E-state index contributed by atoms with van der Waals surface area (Å²) in [7, 11) is 0. The average molecular weight is 514 g/mol. The lowest BCUT2D eigenvalue weighted by Gasteiger charge is -2.21. The monoisotopic (exact) mass is 513 g/mol. The fourth-order valence-corrected chi connectivity index (χ4v) is 4.71. The van der Waals surface area contributed by atoms with Crippen LogP contribution >= 0.6 is 0 Å². The van der Waals surface area contributed by atoms with Gasteiger partial charge in [0.2, 0.25) is 0 Å². The lowest BCUT2D eigenvalue weighted by molar-refractivity contribution is 0.0939. The molecule has 0 aliphatic heterocycles. The Morgan fingerprint density at radius 2 is 1.87 bits per heavy atom. The van der Waals surface area contributed by atoms with Crippen LogP contribution in [0, 0.1) is 18.8 Å². The Balaban J connectivity index is 1.48. The van der Waals surface area contributed by atoms with Crippen molar-refractivity contribution in [2.45, 2.75) is 19.9 Å². The molecule has 0 aliphatic rings. The Kier molecular flexibility index (Phi) is 5.98. The number of aromatic nitrogens is 6. The summed E-state index contributed by atoms with van der Waals surface area (Å²) in [6.45, 7) is 3.63. The van der Waals surface area contributed by atoms with Gasteiger partial charge in [-0.05, 0) is 61.6 Å². The molecule has 6 aromatic rings. The van der Waals surface area contributed by atoms with Gasteiger partial charge in [-0.3, -0.25) is 19.3 Å². The first-order valence-corrected chi connectivity index (χ1v) is 12.4. The summed E-state index contributed by atoms with van der Waals surface area (Å²) in [5.74, 6) is 5.82. The third-order valence-corrected chi connectivity index (χ3v) is 6.51. The Hall–Kier alpha value is -5.49. The van der Waals surface area contributed by atoms with Crippen LogP contribution in [0.5, 0.6) is 0 Å². The highest BCUT2D eigenvalue weighted by atomic mass is 16.2. The first-order chi connectivity index (χ1) is 19.0. The number of hydrogen-bond donors (Lipinski definition) is 2. The van der Waals surface area contributed by atoms with E-state index in [4.69, 9.17) is 0 Å². The van der Waals surface area contributed by atoms with Gasteiger partial charge in [-0.2, -0.15) is 10.2 Å². The Morgan fingerprint density at radius 1 is 1.03 bits per heavy atom. The van der Waals surface area contributed by atoms with Crippen LogP contribution in [-0.2, 0) is 0 Å². The van der Waals surface area contributed by atoms with Gasteiger partial charge in [-0.15, -0.1) is 0 Å². The van der Waals surface area contributed by atoms with E-state index in [0.717, 1.165) is 5.39 Å². The van der Waals surface area contributed by atoms with Crippen LogP contribution in [0.1, 0.15) is 46.0 Å². The van der Waals surface area contributed by atoms with Crippen LogP contribution < -0.4 is 10.9 Å². The van der Waals surface area contributed by atoms with Crippen LogP contribution in [0.25, 0.3) is 22.1 Å². The molecule has 4 heterocycles. The number of amides is 1. The molecule has 1 unspecified atom stereocenters. The molecule has 0 aliphatic carbocycles. The minimum Gasteiger partial charge on any atom is -0.344 e. The molecule has 1 atom stereocenters. The molecule has 0 bridgehead atoms. The number of carbonyl (C=O) groups is 1. The van der Waals surface area contributed by atoms with Crippen LogP contribution in [0.3, 0.4) is 0 Å². The second-order valence-electron chi connectivity index (χ2n) is 9.08. The standard InChI is InChI=1S/C30H23N7O2/c1-19(33-29(38)26-20(2)35-36-17-7-15-31-28(26)36)25-18-22-9-6-8-21(12-13-23-14-16-32-34-23)27(22)30(39)37(25)24-10-4-3-5-11-24/h3-11,14-19H,1-2H3,(H,32,34)(H,33,38). The van der Waals surface area contributed by atoms with E-state index in [1.165, 1.54) is 0 Å². The Morgan fingerprint density at radius 3 is 2.67 bits per heavy atom. The molecule has 0 spiro atoms. The van der Waals surface area contributed by atoms with Crippen molar-refractivity contribution in [1.82, 2.24) is 34.7 Å². The van der Waals surface area contributed by atoms with E-state index in [2.05, 4.69) is 37.4 Å². The molecule has 2 aromatic carbocycles. The van der Waals surface area contributed by atoms with Crippen molar-refractivity contribution in [3.05, 3.63) is 124 Å². The zero-order valence-corrected chi connectivity index (χ0v) is 21.2. The Labute approximate surface area is 223 Å². The molecule has 9 nitrogen and oxygen atoms in total. The van der Waals surface area contributed by atoms with Crippen molar-refractivity contribution >= 4 is 22.3 Å². The fourth-order valence-electron chi connectivity index (χ4n) is 4.71. The number of hydrogen-bond acceptors (Lipinski definition) is 5. The summed E-state index contributed by atoms with van der Waals surface area (Å²) in [6.07, 6.45) is 5.00. The second-order valence-corrected chi connectivity index (χ2v) is 9.08. The summed E-state index contributed by atoms with van der Waals surface area (Å²) >= 11 is 0. The zero-order chi connectivity index (χ0) is 26.9. The number of pyridine rings is 1. The van der Waals surface area contributed by atoms with Crippen LogP contribution in [0.2, 0.25) is 0 Å². The number of nitrogens with one attached hydrogen (secondary N) is 2. The van der Waals surface area contributed by atoms with Gasteiger partial charge in [0.1, 0.15) is 11.3 Å². The van der Waals surface area contributed by atoms with E-state index in [9.17, 15) is 9.59 Å². The van der Waals surface area contributed by atoms with Crippen molar-refractivity contribution in [2.24, 2.45) is 0 Å². The van der Waals surface area contributed by atoms with E-state index in [1.54, 1.807) is 46.7 Å². The molecule has 2 N–H and O–H groups in total. The van der Waals surface area contributed by atoms with Crippen molar-refractivity contribution < 1.29 is 4.79 Å². The zero-order valence-electron chi connectivity index (χ0n) is 21.2. The number of fused-ring (bicyclic) bond motifs is 2. The summed E-state index contributed by atoms with van der Waals surface area (Å²) in [5.41, 5.74) is 3.79. The van der Waals surface area contributed by atoms with Crippen molar-refractivity contribution in [3.8, 4) is 17.5 Å². The maximum atomic E-state index is 14.1. The van der Waals surface area contributed by atoms with E-state index in [-0.39, 0.29) is 11.5 Å². The number of aryl methyl sites for hydroxylation is 1. The highest BCUT2D eigenvalue weighted by molar-refractivity contribution is 6.01. The summed E-state index contributed by atoms with van der Waals surface area (Å²) < 4.78 is 3.21. The number of carbonyl (C=O) groups excluding carboxylic acids is 1. The van der Waals surface area contributed by atoms with E-state index >= 15 is 0 Å². The average Bonchev–Trinajstić information content (AvgIpc) is 3.59. The number of rotatable bonds is 4. The summed E-state index contributed by atoms with van der Waals surface area (Å²) in [6, 6.07) is 19.9. The summed E-state index contributed by atoms with van der Waals surface area (Å²) in [4.78, 5) is 31.9. The van der Waals surface area contributed by atoms with Gasteiger partial charge in [0.05, 0.1) is 17.1 Å². The SMILES string of the molecule is Cc1nn2cccnc2c1C(=O)NC(C)c1cc2cccc(C#Cc3ccn[nH]3)c2c(=O)n1-c1ccccc1. The molecule has 9 heteroatoms. The topological polar surface area (TPSA) is 110 Å². The van der Waals surface area contributed by atoms with Crippen LogP contribution in [0.4, 0.5) is 0 Å². The normalized spacial score (nSPS) is 11.7. The number of benzene rings is 2. The van der Waals surface area contributed by atoms with E-state index in [0.29, 0.717) is 44.9 Å². The van der Waals surface area contributed by atoms with E-state index < -0.39 is 6.04 Å². The maximum absolute atomic E-state index is 14.1. The predicted molar refractivity (Wildman–Crippen MR) is 148 cm³/mol. The molecular formula is C30H23N7O2.